The van der Waals surface area contributed by atoms with Gasteiger partial charge in [-0.15, -0.1) is 0 Å². The Morgan fingerprint density at radius 1 is 0.409 bits per heavy atom. The van der Waals surface area contributed by atoms with Crippen LogP contribution in [0.2, 0.25) is 0 Å². The summed E-state index contributed by atoms with van der Waals surface area (Å²) in [7, 11) is 0. The highest BCUT2D eigenvalue weighted by Crippen LogP contribution is 2.36. The van der Waals surface area contributed by atoms with Crippen LogP contribution in [0.1, 0.15) is 0 Å². The molecular formula is C39H25N5. The first-order valence-electron chi connectivity index (χ1n) is 14.7. The quantitative estimate of drug-likeness (QED) is 0.214. The fraction of sp³-hybridized carbons (Fsp3) is 0. The average molecular weight is 564 g/mol. The van der Waals surface area contributed by atoms with Gasteiger partial charge in [0.1, 0.15) is 0 Å². The van der Waals surface area contributed by atoms with Gasteiger partial charge in [0.2, 0.25) is 5.95 Å². The van der Waals surface area contributed by atoms with Crippen molar-refractivity contribution >= 4 is 43.5 Å². The molecule has 5 nitrogen and oxygen atoms in total. The molecule has 0 saturated carbocycles. The van der Waals surface area contributed by atoms with Crippen LogP contribution in [0.25, 0.3) is 77.9 Å². The second kappa shape index (κ2) is 9.75. The molecule has 0 aliphatic carbocycles. The Hall–Kier alpha value is -6.07. The predicted molar refractivity (Wildman–Crippen MR) is 179 cm³/mol. The molecule has 0 aliphatic rings. The van der Waals surface area contributed by atoms with Gasteiger partial charge in [-0.2, -0.15) is 9.97 Å². The van der Waals surface area contributed by atoms with Crippen LogP contribution in [-0.2, 0) is 0 Å². The molecule has 0 N–H and O–H groups in total. The standard InChI is InChI=1S/C39H25N5/c1-4-12-26(13-5-1)37-40-38(27-14-6-2-7-15-27)42-39(41-37)44-34-19-11-10-18-32(34)33-23-29-22-28-20-21-43(31-16-8-3-9-17-31)35(28)24-30(29)25-36(33)44/h1-25H. The van der Waals surface area contributed by atoms with Gasteiger partial charge in [-0.1, -0.05) is 97.1 Å². The van der Waals surface area contributed by atoms with Gasteiger partial charge in [0.25, 0.3) is 0 Å². The minimum absolute atomic E-state index is 0.594. The summed E-state index contributed by atoms with van der Waals surface area (Å²) < 4.78 is 4.43. The Labute approximate surface area is 253 Å². The molecule has 0 bridgehead atoms. The van der Waals surface area contributed by atoms with Crippen LogP contribution in [0.4, 0.5) is 0 Å². The van der Waals surface area contributed by atoms with E-state index in [1.165, 1.54) is 16.3 Å². The minimum Gasteiger partial charge on any atom is -0.317 e. The van der Waals surface area contributed by atoms with Gasteiger partial charge in [0.15, 0.2) is 11.6 Å². The zero-order valence-corrected chi connectivity index (χ0v) is 23.7. The van der Waals surface area contributed by atoms with Crippen LogP contribution in [-0.4, -0.2) is 24.1 Å². The van der Waals surface area contributed by atoms with Crippen LogP contribution in [0.3, 0.4) is 0 Å². The second-order valence-electron chi connectivity index (χ2n) is 11.0. The van der Waals surface area contributed by atoms with E-state index in [0.717, 1.165) is 44.0 Å². The Kier molecular flexibility index (Phi) is 5.43. The van der Waals surface area contributed by atoms with Crippen LogP contribution in [0, 0.1) is 0 Å². The lowest BCUT2D eigenvalue weighted by atomic mass is 10.0. The number of benzene rings is 6. The van der Waals surface area contributed by atoms with E-state index in [9.17, 15) is 0 Å². The van der Waals surface area contributed by atoms with Gasteiger partial charge < -0.3 is 4.57 Å². The largest absolute Gasteiger partial charge is 0.317 e. The van der Waals surface area contributed by atoms with Crippen LogP contribution < -0.4 is 0 Å². The van der Waals surface area contributed by atoms with Crippen molar-refractivity contribution in [2.45, 2.75) is 0 Å². The molecule has 3 aromatic heterocycles. The first kappa shape index (κ1) is 24.5. The molecule has 206 valence electrons. The predicted octanol–water partition coefficient (Wildman–Crippen LogP) is 9.40. The molecule has 0 fully saturated rings. The van der Waals surface area contributed by atoms with Gasteiger partial charge in [0, 0.05) is 39.2 Å². The van der Waals surface area contributed by atoms with E-state index in [-0.39, 0.29) is 0 Å². The van der Waals surface area contributed by atoms with Gasteiger partial charge in [-0.3, -0.25) is 4.57 Å². The normalized spacial score (nSPS) is 11.6. The van der Waals surface area contributed by atoms with E-state index in [1.807, 2.05) is 66.7 Å². The Bertz CT molecular complexity index is 2420. The first-order valence-corrected chi connectivity index (χ1v) is 14.7. The van der Waals surface area contributed by atoms with E-state index in [0.29, 0.717) is 17.6 Å². The highest BCUT2D eigenvalue weighted by molar-refractivity contribution is 6.14. The SMILES string of the molecule is c1ccc(-c2nc(-c3ccccc3)nc(-n3c4ccccc4c4cc5cc6ccn(-c7ccccc7)c6cc5cc43)n2)cc1. The van der Waals surface area contributed by atoms with Gasteiger partial charge >= 0.3 is 0 Å². The average Bonchev–Trinajstić information content (AvgIpc) is 3.65. The molecule has 0 unspecified atom stereocenters. The van der Waals surface area contributed by atoms with E-state index in [1.54, 1.807) is 0 Å². The minimum atomic E-state index is 0.594. The molecule has 44 heavy (non-hydrogen) atoms. The van der Waals surface area contributed by atoms with Crippen LogP contribution >= 0.6 is 0 Å². The third kappa shape index (κ3) is 3.91. The molecule has 0 atom stereocenters. The fourth-order valence-corrected chi connectivity index (χ4v) is 6.27. The molecule has 0 spiro atoms. The molecule has 5 heteroatoms. The summed E-state index contributed by atoms with van der Waals surface area (Å²) in [6.45, 7) is 0. The van der Waals surface area contributed by atoms with Gasteiger partial charge in [-0.05, 0) is 59.3 Å². The van der Waals surface area contributed by atoms with Crippen molar-refractivity contribution in [3.8, 4) is 34.4 Å². The molecular weight excluding hydrogens is 538 g/mol. The zero-order valence-electron chi connectivity index (χ0n) is 23.7. The van der Waals surface area contributed by atoms with Crippen molar-refractivity contribution in [2.24, 2.45) is 0 Å². The Morgan fingerprint density at radius 3 is 1.70 bits per heavy atom. The van der Waals surface area contributed by atoms with Crippen molar-refractivity contribution in [1.82, 2.24) is 24.1 Å². The number of fused-ring (bicyclic) bond motifs is 5. The molecule has 0 saturated heterocycles. The maximum Gasteiger partial charge on any atom is 0.238 e. The smallest absolute Gasteiger partial charge is 0.238 e. The molecule has 0 amide bonds. The van der Waals surface area contributed by atoms with Crippen molar-refractivity contribution in [2.75, 3.05) is 0 Å². The highest BCUT2D eigenvalue weighted by Gasteiger charge is 2.18. The zero-order chi connectivity index (χ0) is 29.0. The number of hydrogen-bond donors (Lipinski definition) is 0. The number of para-hydroxylation sites is 2. The van der Waals surface area contributed by atoms with Crippen LogP contribution in [0.5, 0.6) is 0 Å². The fourth-order valence-electron chi connectivity index (χ4n) is 6.27. The van der Waals surface area contributed by atoms with Crippen molar-refractivity contribution in [3.63, 3.8) is 0 Å². The highest BCUT2D eigenvalue weighted by atomic mass is 15.2. The monoisotopic (exact) mass is 563 g/mol. The van der Waals surface area contributed by atoms with Crippen LogP contribution in [0.15, 0.2) is 152 Å². The van der Waals surface area contributed by atoms with Crippen molar-refractivity contribution < 1.29 is 0 Å². The summed E-state index contributed by atoms with van der Waals surface area (Å²) in [6, 6.07) is 50.6. The van der Waals surface area contributed by atoms with Gasteiger partial charge in [-0.25, -0.2) is 4.98 Å². The molecule has 9 rings (SSSR count). The van der Waals surface area contributed by atoms with Crippen molar-refractivity contribution in [1.29, 1.82) is 0 Å². The molecule has 6 aromatic carbocycles. The summed E-state index contributed by atoms with van der Waals surface area (Å²) in [5, 5.41) is 5.89. The molecule has 3 heterocycles. The third-order valence-corrected chi connectivity index (χ3v) is 8.36. The lowest BCUT2D eigenvalue weighted by Crippen LogP contribution is -2.06. The van der Waals surface area contributed by atoms with Gasteiger partial charge in [0.05, 0.1) is 16.6 Å². The number of aromatic nitrogens is 5. The topological polar surface area (TPSA) is 48.5 Å². The lowest BCUT2D eigenvalue weighted by Gasteiger charge is -2.11. The summed E-state index contributed by atoms with van der Waals surface area (Å²) in [6.07, 6.45) is 2.15. The summed E-state index contributed by atoms with van der Waals surface area (Å²) in [5.74, 6) is 1.88. The number of nitrogens with zero attached hydrogens (tertiary/aromatic N) is 5. The lowest BCUT2D eigenvalue weighted by molar-refractivity contribution is 0.954. The Morgan fingerprint density at radius 2 is 1.00 bits per heavy atom. The maximum absolute atomic E-state index is 5.08. The maximum atomic E-state index is 5.08. The Balaban J connectivity index is 1.34. The number of rotatable bonds is 4. The molecule has 0 aliphatic heterocycles. The third-order valence-electron chi connectivity index (χ3n) is 8.36. The summed E-state index contributed by atoms with van der Waals surface area (Å²) in [5.41, 5.74) is 6.32. The molecule has 9 aromatic rings. The summed E-state index contributed by atoms with van der Waals surface area (Å²) in [4.78, 5) is 15.1. The second-order valence-corrected chi connectivity index (χ2v) is 11.0. The number of hydrogen-bond acceptors (Lipinski definition) is 3. The van der Waals surface area contributed by atoms with E-state index in [2.05, 4.69) is 94.2 Å². The first-order chi connectivity index (χ1) is 21.8. The summed E-state index contributed by atoms with van der Waals surface area (Å²) >= 11 is 0. The van der Waals surface area contributed by atoms with E-state index >= 15 is 0 Å². The van der Waals surface area contributed by atoms with E-state index in [4.69, 9.17) is 15.0 Å². The van der Waals surface area contributed by atoms with Crippen molar-refractivity contribution in [3.05, 3.63) is 152 Å². The van der Waals surface area contributed by atoms with E-state index < -0.39 is 0 Å². The molecule has 0 radical (unpaired) electrons.